The third-order valence-electron chi connectivity index (χ3n) is 3.11. The van der Waals surface area contributed by atoms with Gasteiger partial charge in [0.15, 0.2) is 5.69 Å². The molecule has 0 atom stereocenters. The van der Waals surface area contributed by atoms with Crippen molar-refractivity contribution in [2.75, 3.05) is 0 Å². The van der Waals surface area contributed by atoms with Gasteiger partial charge >= 0.3 is 5.97 Å². The van der Waals surface area contributed by atoms with Crippen LogP contribution in [-0.2, 0) is 7.05 Å². The van der Waals surface area contributed by atoms with Crippen LogP contribution in [0.1, 0.15) is 16.2 Å². The highest BCUT2D eigenvalue weighted by atomic mass is 32.1. The largest absolute Gasteiger partial charge is 0.476 e. The molecule has 2 aromatic heterocycles. The highest BCUT2D eigenvalue weighted by Gasteiger charge is 2.21. The van der Waals surface area contributed by atoms with Gasteiger partial charge in [-0.2, -0.15) is 5.10 Å². The van der Waals surface area contributed by atoms with E-state index in [9.17, 15) is 9.90 Å². The molecule has 2 heterocycles. The van der Waals surface area contributed by atoms with Crippen molar-refractivity contribution in [3.63, 3.8) is 0 Å². The average molecular weight is 299 g/mol. The molecule has 0 radical (unpaired) electrons. The van der Waals surface area contributed by atoms with Crippen LogP contribution in [-0.4, -0.2) is 25.8 Å². The molecule has 0 fully saturated rings. The molecule has 0 spiro atoms. The molecular weight excluding hydrogens is 286 g/mol. The monoisotopic (exact) mass is 299 g/mol. The number of thiazole rings is 1. The van der Waals surface area contributed by atoms with E-state index in [4.69, 9.17) is 0 Å². The maximum Gasteiger partial charge on any atom is 0.356 e. The smallest absolute Gasteiger partial charge is 0.356 e. The second kappa shape index (κ2) is 5.14. The van der Waals surface area contributed by atoms with Crippen LogP contribution in [0.4, 0.5) is 0 Å². The fraction of sp³-hybridized carbons (Fsp3) is 0.133. The predicted octanol–water partition coefficient (Wildman–Crippen LogP) is 3.22. The van der Waals surface area contributed by atoms with Gasteiger partial charge in [0.25, 0.3) is 0 Å². The van der Waals surface area contributed by atoms with Gasteiger partial charge in [-0.25, -0.2) is 9.78 Å². The van der Waals surface area contributed by atoms with Gasteiger partial charge in [-0.05, 0) is 12.5 Å². The van der Waals surface area contributed by atoms with Crippen LogP contribution in [0.2, 0.25) is 0 Å². The highest BCUT2D eigenvalue weighted by molar-refractivity contribution is 7.18. The van der Waals surface area contributed by atoms with Crippen molar-refractivity contribution in [3.8, 4) is 21.0 Å². The summed E-state index contributed by atoms with van der Waals surface area (Å²) in [6.07, 6.45) is 1.86. The van der Waals surface area contributed by atoms with Gasteiger partial charge in [-0.3, -0.25) is 4.68 Å². The van der Waals surface area contributed by atoms with Crippen molar-refractivity contribution in [2.24, 2.45) is 7.05 Å². The summed E-state index contributed by atoms with van der Waals surface area (Å²) in [6, 6.07) is 9.45. The fourth-order valence-corrected chi connectivity index (χ4v) is 3.30. The first-order chi connectivity index (χ1) is 10.1. The standard InChI is InChI=1S/C15H13N3O2S/c1-9-11(8-18(2)17-9)14-16-12(15(19)20)13(21-14)10-6-4-3-5-7-10/h3-8H,1-2H3,(H,19,20). The fourth-order valence-electron chi connectivity index (χ4n) is 2.18. The van der Waals surface area contributed by atoms with Crippen molar-refractivity contribution in [1.29, 1.82) is 0 Å². The molecule has 1 aromatic carbocycles. The van der Waals surface area contributed by atoms with Crippen molar-refractivity contribution >= 4 is 17.3 Å². The Balaban J connectivity index is 2.18. The Morgan fingerprint density at radius 3 is 2.57 bits per heavy atom. The topological polar surface area (TPSA) is 68.0 Å². The Morgan fingerprint density at radius 2 is 2.00 bits per heavy atom. The van der Waals surface area contributed by atoms with E-state index in [1.54, 1.807) is 4.68 Å². The molecule has 5 nitrogen and oxygen atoms in total. The van der Waals surface area contributed by atoms with Crippen molar-refractivity contribution < 1.29 is 9.90 Å². The zero-order chi connectivity index (χ0) is 15.0. The SMILES string of the molecule is Cc1nn(C)cc1-c1nc(C(=O)O)c(-c2ccccc2)s1. The van der Waals surface area contributed by atoms with E-state index < -0.39 is 5.97 Å². The Hall–Kier alpha value is -2.47. The zero-order valence-corrected chi connectivity index (χ0v) is 12.4. The minimum Gasteiger partial charge on any atom is -0.476 e. The molecule has 0 amide bonds. The van der Waals surface area contributed by atoms with E-state index in [1.807, 2.05) is 50.5 Å². The minimum absolute atomic E-state index is 0.0875. The third-order valence-corrected chi connectivity index (χ3v) is 4.25. The number of carboxylic acids is 1. The summed E-state index contributed by atoms with van der Waals surface area (Å²) >= 11 is 1.38. The number of aromatic nitrogens is 3. The van der Waals surface area contributed by atoms with E-state index in [-0.39, 0.29) is 5.69 Å². The summed E-state index contributed by atoms with van der Waals surface area (Å²) in [5, 5.41) is 14.3. The highest BCUT2D eigenvalue weighted by Crippen LogP contribution is 2.36. The number of carbonyl (C=O) groups is 1. The van der Waals surface area contributed by atoms with Crippen LogP contribution < -0.4 is 0 Å². The minimum atomic E-state index is -1.02. The Labute approximate surface area is 125 Å². The average Bonchev–Trinajstić information content (AvgIpc) is 3.03. The van der Waals surface area contributed by atoms with Crippen molar-refractivity contribution in [2.45, 2.75) is 6.92 Å². The number of carboxylic acid groups (broad SMARTS) is 1. The Morgan fingerprint density at radius 1 is 1.29 bits per heavy atom. The first-order valence-electron chi connectivity index (χ1n) is 6.36. The van der Waals surface area contributed by atoms with Crippen LogP contribution >= 0.6 is 11.3 Å². The van der Waals surface area contributed by atoms with Crippen LogP contribution in [0.15, 0.2) is 36.5 Å². The van der Waals surface area contributed by atoms with Crippen LogP contribution in [0, 0.1) is 6.92 Å². The quantitative estimate of drug-likeness (QED) is 0.806. The molecule has 1 N–H and O–H groups in total. The summed E-state index contributed by atoms with van der Waals surface area (Å²) in [4.78, 5) is 16.4. The van der Waals surface area contributed by atoms with Crippen molar-refractivity contribution in [3.05, 3.63) is 47.9 Å². The maximum absolute atomic E-state index is 11.5. The molecule has 6 heteroatoms. The molecule has 21 heavy (non-hydrogen) atoms. The molecule has 3 aromatic rings. The lowest BCUT2D eigenvalue weighted by molar-refractivity contribution is 0.0692. The molecular formula is C15H13N3O2S. The van der Waals surface area contributed by atoms with E-state index >= 15 is 0 Å². The number of rotatable bonds is 3. The van der Waals surface area contributed by atoms with Gasteiger partial charge in [0, 0.05) is 13.2 Å². The van der Waals surface area contributed by atoms with Gasteiger partial charge in [0.1, 0.15) is 5.01 Å². The first kappa shape index (κ1) is 13.5. The van der Waals surface area contributed by atoms with E-state index in [0.717, 1.165) is 16.8 Å². The zero-order valence-electron chi connectivity index (χ0n) is 11.6. The van der Waals surface area contributed by atoms with Gasteiger partial charge in [0.05, 0.1) is 16.1 Å². The Bertz CT molecular complexity index is 806. The van der Waals surface area contributed by atoms with Crippen LogP contribution in [0.3, 0.4) is 0 Å². The molecule has 0 aliphatic heterocycles. The number of benzene rings is 1. The summed E-state index contributed by atoms with van der Waals surface area (Å²) in [6.45, 7) is 1.89. The number of nitrogens with zero attached hydrogens (tertiary/aromatic N) is 3. The molecule has 0 aliphatic carbocycles. The molecule has 0 unspecified atom stereocenters. The maximum atomic E-state index is 11.5. The van der Waals surface area contributed by atoms with Crippen molar-refractivity contribution in [1.82, 2.24) is 14.8 Å². The molecule has 0 bridgehead atoms. The summed E-state index contributed by atoms with van der Waals surface area (Å²) < 4.78 is 1.70. The van der Waals surface area contributed by atoms with Gasteiger partial charge in [0.2, 0.25) is 0 Å². The lowest BCUT2D eigenvalue weighted by atomic mass is 10.1. The molecule has 3 rings (SSSR count). The lowest BCUT2D eigenvalue weighted by Crippen LogP contribution is -1.98. The summed E-state index contributed by atoms with van der Waals surface area (Å²) in [7, 11) is 1.83. The lowest BCUT2D eigenvalue weighted by Gasteiger charge is -1.97. The number of aromatic carboxylic acids is 1. The number of hydrogen-bond acceptors (Lipinski definition) is 4. The van der Waals surface area contributed by atoms with E-state index in [2.05, 4.69) is 10.1 Å². The first-order valence-corrected chi connectivity index (χ1v) is 7.18. The molecule has 0 aliphatic rings. The predicted molar refractivity (Wildman–Crippen MR) is 81.4 cm³/mol. The normalized spacial score (nSPS) is 10.8. The van der Waals surface area contributed by atoms with Gasteiger partial charge in [-0.1, -0.05) is 30.3 Å². The van der Waals surface area contributed by atoms with Gasteiger partial charge in [-0.15, -0.1) is 11.3 Å². The van der Waals surface area contributed by atoms with Crippen LogP contribution in [0.5, 0.6) is 0 Å². The number of aryl methyl sites for hydroxylation is 2. The number of hydrogen-bond donors (Lipinski definition) is 1. The summed E-state index contributed by atoms with van der Waals surface area (Å²) in [5.41, 5.74) is 2.65. The third kappa shape index (κ3) is 2.45. The van der Waals surface area contributed by atoms with E-state index in [0.29, 0.717) is 9.88 Å². The van der Waals surface area contributed by atoms with Crippen LogP contribution in [0.25, 0.3) is 21.0 Å². The van der Waals surface area contributed by atoms with Gasteiger partial charge < -0.3 is 5.11 Å². The second-order valence-corrected chi connectivity index (χ2v) is 5.67. The Kier molecular flexibility index (Phi) is 3.31. The van der Waals surface area contributed by atoms with E-state index in [1.165, 1.54) is 11.3 Å². The molecule has 106 valence electrons. The molecule has 0 saturated heterocycles. The second-order valence-electron chi connectivity index (χ2n) is 4.67. The molecule has 0 saturated carbocycles. The summed E-state index contributed by atoms with van der Waals surface area (Å²) in [5.74, 6) is -1.02.